The monoisotopic (exact) mass is 369 g/mol. The minimum Gasteiger partial charge on any atom is -0.497 e. The number of halogens is 1. The molecule has 0 aliphatic heterocycles. The Morgan fingerprint density at radius 3 is 2.65 bits per heavy atom. The predicted octanol–water partition coefficient (Wildman–Crippen LogP) is 4.03. The molecule has 3 rings (SSSR count). The average Bonchev–Trinajstić information content (AvgIpc) is 3.04. The molecule has 0 aliphatic carbocycles. The summed E-state index contributed by atoms with van der Waals surface area (Å²) in [6, 6.07) is 13.6. The predicted molar refractivity (Wildman–Crippen MR) is 100 cm³/mol. The normalized spacial score (nSPS) is 10.9. The van der Waals surface area contributed by atoms with Crippen LogP contribution in [0.3, 0.4) is 0 Å². The molecule has 0 saturated heterocycles. The second kappa shape index (κ2) is 7.88. The van der Waals surface area contributed by atoms with Gasteiger partial charge in [0, 0.05) is 5.56 Å². The number of thiazole rings is 1. The summed E-state index contributed by atoms with van der Waals surface area (Å²) in [5, 5.41) is 4.42. The van der Waals surface area contributed by atoms with Gasteiger partial charge in [-0.1, -0.05) is 12.1 Å². The average molecular weight is 369 g/mol. The van der Waals surface area contributed by atoms with E-state index in [-0.39, 0.29) is 11.7 Å². The van der Waals surface area contributed by atoms with Crippen LogP contribution in [0.25, 0.3) is 10.6 Å². The van der Waals surface area contributed by atoms with E-state index in [4.69, 9.17) is 4.74 Å². The number of hydrogen-bond donors (Lipinski definition) is 1. The van der Waals surface area contributed by atoms with E-state index in [9.17, 15) is 9.18 Å². The van der Waals surface area contributed by atoms with Crippen molar-refractivity contribution in [1.29, 1.82) is 0 Å². The number of carbonyl (C=O) groups excluding carboxylic acids is 1. The molecular formula is C19H16FN3O2S. The molecule has 0 fully saturated rings. The van der Waals surface area contributed by atoms with Gasteiger partial charge in [0.25, 0.3) is 5.91 Å². The molecule has 0 radical (unpaired) electrons. The molecular weight excluding hydrogens is 353 g/mol. The maximum absolute atomic E-state index is 13.9. The molecule has 0 spiro atoms. The van der Waals surface area contributed by atoms with Crippen molar-refractivity contribution in [2.75, 3.05) is 7.11 Å². The number of amides is 1. The molecule has 3 aromatic rings. The first-order valence-electron chi connectivity index (χ1n) is 7.78. The van der Waals surface area contributed by atoms with E-state index < -0.39 is 0 Å². The van der Waals surface area contributed by atoms with Crippen molar-refractivity contribution in [2.45, 2.75) is 6.92 Å². The lowest BCUT2D eigenvalue weighted by Crippen LogP contribution is -2.17. The fourth-order valence-corrected chi connectivity index (χ4v) is 3.25. The Morgan fingerprint density at radius 1 is 1.23 bits per heavy atom. The SMILES string of the molecule is COc1ccc(C=NNC(=O)c2sc(-c3ccccc3F)nc2C)cc1. The maximum Gasteiger partial charge on any atom is 0.283 e. The maximum atomic E-state index is 13.9. The van der Waals surface area contributed by atoms with Gasteiger partial charge < -0.3 is 4.74 Å². The number of carbonyl (C=O) groups is 1. The van der Waals surface area contributed by atoms with Gasteiger partial charge in [0.2, 0.25) is 0 Å². The largest absolute Gasteiger partial charge is 0.497 e. The molecule has 0 unspecified atom stereocenters. The van der Waals surface area contributed by atoms with Crippen LogP contribution in [0, 0.1) is 12.7 Å². The zero-order chi connectivity index (χ0) is 18.5. The zero-order valence-electron chi connectivity index (χ0n) is 14.2. The highest BCUT2D eigenvalue weighted by atomic mass is 32.1. The first-order chi connectivity index (χ1) is 12.6. The third-order valence-corrected chi connectivity index (χ3v) is 4.79. The van der Waals surface area contributed by atoms with Crippen molar-refractivity contribution in [2.24, 2.45) is 5.10 Å². The number of nitrogens with one attached hydrogen (secondary N) is 1. The number of aryl methyl sites for hydroxylation is 1. The lowest BCUT2D eigenvalue weighted by atomic mass is 10.2. The minimum absolute atomic E-state index is 0.370. The van der Waals surface area contributed by atoms with Crippen LogP contribution >= 0.6 is 11.3 Å². The summed E-state index contributed by atoms with van der Waals surface area (Å²) in [6.07, 6.45) is 1.53. The van der Waals surface area contributed by atoms with Crippen LogP contribution in [0.4, 0.5) is 4.39 Å². The van der Waals surface area contributed by atoms with Gasteiger partial charge in [-0.2, -0.15) is 5.10 Å². The molecule has 0 atom stereocenters. The number of nitrogens with zero attached hydrogens (tertiary/aromatic N) is 2. The lowest BCUT2D eigenvalue weighted by Gasteiger charge is -1.99. The van der Waals surface area contributed by atoms with Gasteiger partial charge >= 0.3 is 0 Å². The van der Waals surface area contributed by atoms with E-state index in [1.807, 2.05) is 12.1 Å². The van der Waals surface area contributed by atoms with Gasteiger partial charge in [0.15, 0.2) is 0 Å². The fraction of sp³-hybridized carbons (Fsp3) is 0.105. The molecule has 26 heavy (non-hydrogen) atoms. The molecule has 1 amide bonds. The molecule has 132 valence electrons. The van der Waals surface area contributed by atoms with Crippen molar-refractivity contribution in [3.8, 4) is 16.3 Å². The Morgan fingerprint density at radius 2 is 1.96 bits per heavy atom. The Balaban J connectivity index is 1.72. The van der Waals surface area contributed by atoms with Gasteiger partial charge in [0.05, 0.1) is 19.0 Å². The summed E-state index contributed by atoms with van der Waals surface area (Å²) in [6.45, 7) is 1.71. The summed E-state index contributed by atoms with van der Waals surface area (Å²) < 4.78 is 19.0. The molecule has 2 aromatic carbocycles. The van der Waals surface area contributed by atoms with Crippen LogP contribution in [0.15, 0.2) is 53.6 Å². The number of hydrogen-bond acceptors (Lipinski definition) is 5. The highest BCUT2D eigenvalue weighted by Gasteiger charge is 2.17. The van der Waals surface area contributed by atoms with E-state index in [1.54, 1.807) is 44.4 Å². The topological polar surface area (TPSA) is 63.6 Å². The summed E-state index contributed by atoms with van der Waals surface area (Å²) in [7, 11) is 1.59. The van der Waals surface area contributed by atoms with Crippen LogP contribution in [-0.4, -0.2) is 24.2 Å². The van der Waals surface area contributed by atoms with Gasteiger partial charge in [-0.25, -0.2) is 14.8 Å². The van der Waals surface area contributed by atoms with Crippen LogP contribution < -0.4 is 10.2 Å². The van der Waals surface area contributed by atoms with Crippen LogP contribution in [0.1, 0.15) is 20.9 Å². The van der Waals surface area contributed by atoms with E-state index in [0.717, 1.165) is 22.6 Å². The standard InChI is InChI=1S/C19H16FN3O2S/c1-12-17(26-19(22-12)15-5-3-4-6-16(15)20)18(24)23-21-11-13-7-9-14(25-2)10-8-13/h3-11H,1-2H3,(H,23,24). The van der Waals surface area contributed by atoms with Gasteiger partial charge in [0.1, 0.15) is 21.5 Å². The molecule has 1 heterocycles. The molecule has 1 aromatic heterocycles. The highest BCUT2D eigenvalue weighted by Crippen LogP contribution is 2.29. The molecule has 0 aliphatic rings. The van der Waals surface area contributed by atoms with E-state index >= 15 is 0 Å². The van der Waals surface area contributed by atoms with Crippen molar-refractivity contribution < 1.29 is 13.9 Å². The first-order valence-corrected chi connectivity index (χ1v) is 8.60. The Kier molecular flexibility index (Phi) is 5.38. The number of hydrazone groups is 1. The number of ether oxygens (including phenoxy) is 1. The summed E-state index contributed by atoms with van der Waals surface area (Å²) in [4.78, 5) is 17.0. The zero-order valence-corrected chi connectivity index (χ0v) is 15.0. The van der Waals surface area contributed by atoms with Gasteiger partial charge in [-0.05, 0) is 48.9 Å². The smallest absolute Gasteiger partial charge is 0.283 e. The molecule has 7 heteroatoms. The quantitative estimate of drug-likeness (QED) is 0.545. The third kappa shape index (κ3) is 3.94. The van der Waals surface area contributed by atoms with Crippen molar-refractivity contribution >= 4 is 23.5 Å². The van der Waals surface area contributed by atoms with Crippen LogP contribution in [0.2, 0.25) is 0 Å². The first kappa shape index (κ1) is 17.8. The lowest BCUT2D eigenvalue weighted by molar-refractivity contribution is 0.0958. The second-order valence-electron chi connectivity index (χ2n) is 5.39. The van der Waals surface area contributed by atoms with E-state index in [2.05, 4.69) is 15.5 Å². The van der Waals surface area contributed by atoms with E-state index in [0.29, 0.717) is 21.1 Å². The fourth-order valence-electron chi connectivity index (χ4n) is 2.26. The van der Waals surface area contributed by atoms with Crippen molar-refractivity contribution in [1.82, 2.24) is 10.4 Å². The highest BCUT2D eigenvalue weighted by molar-refractivity contribution is 7.17. The second-order valence-corrected chi connectivity index (χ2v) is 6.38. The van der Waals surface area contributed by atoms with E-state index in [1.165, 1.54) is 12.3 Å². The molecule has 1 N–H and O–H groups in total. The Bertz CT molecular complexity index is 952. The summed E-state index contributed by atoms with van der Waals surface area (Å²) in [5.41, 5.74) is 4.20. The number of benzene rings is 2. The molecule has 5 nitrogen and oxygen atoms in total. The summed E-state index contributed by atoms with van der Waals surface area (Å²) >= 11 is 1.13. The molecule has 0 bridgehead atoms. The summed E-state index contributed by atoms with van der Waals surface area (Å²) in [5.74, 6) is -0.00905. The number of methoxy groups -OCH3 is 1. The number of aromatic nitrogens is 1. The van der Waals surface area contributed by atoms with Gasteiger partial charge in [-0.3, -0.25) is 4.79 Å². The van der Waals surface area contributed by atoms with Gasteiger partial charge in [-0.15, -0.1) is 11.3 Å². The third-order valence-electron chi connectivity index (χ3n) is 3.60. The Labute approximate surface area is 154 Å². The minimum atomic E-state index is -0.382. The van der Waals surface area contributed by atoms with Crippen molar-refractivity contribution in [3.05, 3.63) is 70.5 Å². The number of rotatable bonds is 5. The molecule has 0 saturated carbocycles. The Hall–Kier alpha value is -3.06. The van der Waals surface area contributed by atoms with Crippen LogP contribution in [0.5, 0.6) is 5.75 Å². The van der Waals surface area contributed by atoms with Crippen molar-refractivity contribution in [3.63, 3.8) is 0 Å². The van der Waals surface area contributed by atoms with Crippen LogP contribution in [-0.2, 0) is 0 Å².